The van der Waals surface area contributed by atoms with E-state index in [-0.39, 0.29) is 10.5 Å². The van der Waals surface area contributed by atoms with Gasteiger partial charge in [0.1, 0.15) is 0 Å². The van der Waals surface area contributed by atoms with Crippen LogP contribution < -0.4 is 0 Å². The molecule has 3 nitrogen and oxygen atoms in total. The molecule has 0 saturated carbocycles. The maximum Gasteiger partial charge on any atom is 0.214 e. The van der Waals surface area contributed by atoms with Gasteiger partial charge in [0, 0.05) is 29.5 Å². The summed E-state index contributed by atoms with van der Waals surface area (Å²) in [5.74, 6) is 1.67. The molecule has 0 aromatic rings. The zero-order chi connectivity index (χ0) is 12.9. The Morgan fingerprint density at radius 1 is 1.29 bits per heavy atom. The Morgan fingerprint density at radius 2 is 2.00 bits per heavy atom. The van der Waals surface area contributed by atoms with Gasteiger partial charge in [0.15, 0.2) is 0 Å². The molecule has 1 fully saturated rings. The summed E-state index contributed by atoms with van der Waals surface area (Å²) >= 11 is 7.43. The van der Waals surface area contributed by atoms with E-state index in [9.17, 15) is 8.42 Å². The molecule has 0 amide bonds. The van der Waals surface area contributed by atoms with Crippen LogP contribution in [0.5, 0.6) is 0 Å². The molecule has 0 radical (unpaired) electrons. The number of rotatable bonds is 5. The fourth-order valence-corrected chi connectivity index (χ4v) is 4.76. The Balaban J connectivity index is 2.54. The van der Waals surface area contributed by atoms with E-state index in [2.05, 4.69) is 13.8 Å². The smallest absolute Gasteiger partial charge is 0.212 e. The summed E-state index contributed by atoms with van der Waals surface area (Å²) in [6, 6.07) is 0. The number of hydrogen-bond acceptors (Lipinski definition) is 3. The van der Waals surface area contributed by atoms with Gasteiger partial charge in [-0.05, 0) is 19.3 Å². The summed E-state index contributed by atoms with van der Waals surface area (Å²) in [4.78, 5) is 0. The molecule has 17 heavy (non-hydrogen) atoms. The summed E-state index contributed by atoms with van der Waals surface area (Å²) in [6.45, 7) is 5.67. The van der Waals surface area contributed by atoms with Crippen molar-refractivity contribution in [3.8, 4) is 0 Å². The molecule has 1 saturated heterocycles. The fourth-order valence-electron chi connectivity index (χ4n) is 1.79. The molecule has 0 bridgehead atoms. The Morgan fingerprint density at radius 3 is 2.65 bits per heavy atom. The summed E-state index contributed by atoms with van der Waals surface area (Å²) in [7, 11) is -3.07. The standard InChI is InChI=1S/C11H22ClNO2S2/c1-11(2)5-7-13(8-9-16-11)17(14,15)10-4-3-6-12/h3-10H2,1-2H3. The second-order valence-electron chi connectivity index (χ2n) is 4.97. The first-order valence-corrected chi connectivity index (χ1v) is 9.18. The molecule has 0 aliphatic carbocycles. The fraction of sp³-hybridized carbons (Fsp3) is 1.00. The molecule has 0 N–H and O–H groups in total. The first-order chi connectivity index (χ1) is 7.87. The van der Waals surface area contributed by atoms with Crippen LogP contribution in [0.2, 0.25) is 0 Å². The van der Waals surface area contributed by atoms with Gasteiger partial charge in [-0.15, -0.1) is 11.6 Å². The Bertz CT molecular complexity index is 330. The molecule has 0 aromatic heterocycles. The van der Waals surface area contributed by atoms with Crippen LogP contribution in [0.1, 0.15) is 33.1 Å². The average Bonchev–Trinajstić information content (AvgIpc) is 2.40. The van der Waals surface area contributed by atoms with Gasteiger partial charge in [0.25, 0.3) is 0 Å². The number of sulfonamides is 1. The Labute approximate surface area is 114 Å². The first-order valence-electron chi connectivity index (χ1n) is 6.05. The van der Waals surface area contributed by atoms with Gasteiger partial charge in [-0.25, -0.2) is 12.7 Å². The largest absolute Gasteiger partial charge is 0.214 e. The molecular weight excluding hydrogens is 278 g/mol. The highest BCUT2D eigenvalue weighted by molar-refractivity contribution is 8.00. The lowest BCUT2D eigenvalue weighted by Gasteiger charge is -2.22. The van der Waals surface area contributed by atoms with Crippen LogP contribution in [-0.4, -0.2) is 47.9 Å². The van der Waals surface area contributed by atoms with Crippen LogP contribution >= 0.6 is 23.4 Å². The van der Waals surface area contributed by atoms with E-state index < -0.39 is 10.0 Å². The van der Waals surface area contributed by atoms with Crippen molar-refractivity contribution in [2.45, 2.75) is 37.9 Å². The highest BCUT2D eigenvalue weighted by atomic mass is 35.5. The molecule has 0 spiro atoms. The zero-order valence-electron chi connectivity index (χ0n) is 10.6. The second kappa shape index (κ2) is 6.64. The van der Waals surface area contributed by atoms with E-state index in [0.29, 0.717) is 25.4 Å². The molecule has 1 heterocycles. The van der Waals surface area contributed by atoms with Gasteiger partial charge >= 0.3 is 0 Å². The third-order valence-corrected chi connectivity index (χ3v) is 6.57. The molecule has 0 aromatic carbocycles. The van der Waals surface area contributed by atoms with Crippen LogP contribution in [0.3, 0.4) is 0 Å². The number of alkyl halides is 1. The minimum atomic E-state index is -3.07. The van der Waals surface area contributed by atoms with Crippen LogP contribution in [-0.2, 0) is 10.0 Å². The van der Waals surface area contributed by atoms with Gasteiger partial charge in [0.2, 0.25) is 10.0 Å². The molecular formula is C11H22ClNO2S2. The van der Waals surface area contributed by atoms with E-state index in [1.165, 1.54) is 0 Å². The minimum Gasteiger partial charge on any atom is -0.212 e. The third kappa shape index (κ3) is 5.37. The monoisotopic (exact) mass is 299 g/mol. The molecule has 1 rings (SSSR count). The lowest BCUT2D eigenvalue weighted by Crippen LogP contribution is -2.35. The second-order valence-corrected chi connectivity index (χ2v) is 9.24. The zero-order valence-corrected chi connectivity index (χ0v) is 13.0. The van der Waals surface area contributed by atoms with E-state index in [4.69, 9.17) is 11.6 Å². The van der Waals surface area contributed by atoms with Gasteiger partial charge < -0.3 is 0 Å². The number of thioether (sulfide) groups is 1. The molecule has 6 heteroatoms. The maximum absolute atomic E-state index is 12.1. The van der Waals surface area contributed by atoms with Gasteiger partial charge in [-0.1, -0.05) is 13.8 Å². The van der Waals surface area contributed by atoms with Gasteiger partial charge in [-0.2, -0.15) is 11.8 Å². The lowest BCUT2D eigenvalue weighted by molar-refractivity contribution is 0.414. The topological polar surface area (TPSA) is 37.4 Å². The Hall–Kier alpha value is 0.550. The summed E-state index contributed by atoms with van der Waals surface area (Å²) in [5.41, 5.74) is 0. The van der Waals surface area contributed by atoms with Crippen molar-refractivity contribution in [2.75, 3.05) is 30.5 Å². The number of nitrogens with zero attached hydrogens (tertiary/aromatic N) is 1. The number of unbranched alkanes of at least 4 members (excludes halogenated alkanes) is 1. The summed E-state index contributed by atoms with van der Waals surface area (Å²) < 4.78 is 26.0. The predicted molar refractivity (Wildman–Crippen MR) is 76.5 cm³/mol. The van der Waals surface area contributed by atoms with E-state index >= 15 is 0 Å². The van der Waals surface area contributed by atoms with Crippen LogP contribution in [0.4, 0.5) is 0 Å². The maximum atomic E-state index is 12.1. The van der Waals surface area contributed by atoms with Crippen LogP contribution in [0.15, 0.2) is 0 Å². The highest BCUT2D eigenvalue weighted by Crippen LogP contribution is 2.31. The van der Waals surface area contributed by atoms with Crippen molar-refractivity contribution in [1.29, 1.82) is 0 Å². The van der Waals surface area contributed by atoms with E-state index in [0.717, 1.165) is 18.6 Å². The van der Waals surface area contributed by atoms with Gasteiger partial charge in [0.05, 0.1) is 5.75 Å². The SMILES string of the molecule is CC1(C)CCN(S(=O)(=O)CCCCCl)CCS1. The molecule has 0 atom stereocenters. The van der Waals surface area contributed by atoms with Crippen molar-refractivity contribution in [2.24, 2.45) is 0 Å². The first kappa shape index (κ1) is 15.6. The molecule has 1 aliphatic rings. The molecule has 102 valence electrons. The molecule has 1 aliphatic heterocycles. The van der Waals surface area contributed by atoms with Crippen LogP contribution in [0, 0.1) is 0 Å². The number of hydrogen-bond donors (Lipinski definition) is 0. The van der Waals surface area contributed by atoms with Crippen LogP contribution in [0.25, 0.3) is 0 Å². The molecule has 0 unspecified atom stereocenters. The summed E-state index contributed by atoms with van der Waals surface area (Å²) in [6.07, 6.45) is 2.36. The normalized spacial score (nSPS) is 22.3. The van der Waals surface area contributed by atoms with E-state index in [1.807, 2.05) is 11.8 Å². The predicted octanol–water partition coefficient (Wildman–Crippen LogP) is 2.55. The minimum absolute atomic E-state index is 0.195. The number of halogens is 1. The van der Waals surface area contributed by atoms with Gasteiger partial charge in [-0.3, -0.25) is 0 Å². The Kier molecular flexibility index (Phi) is 6.10. The van der Waals surface area contributed by atoms with Crippen molar-refractivity contribution in [3.05, 3.63) is 0 Å². The third-order valence-electron chi connectivity index (χ3n) is 2.98. The lowest BCUT2D eigenvalue weighted by atomic mass is 10.1. The average molecular weight is 300 g/mol. The highest BCUT2D eigenvalue weighted by Gasteiger charge is 2.29. The quantitative estimate of drug-likeness (QED) is 0.578. The van der Waals surface area contributed by atoms with E-state index in [1.54, 1.807) is 4.31 Å². The van der Waals surface area contributed by atoms with Crippen molar-refractivity contribution in [1.82, 2.24) is 4.31 Å². The van der Waals surface area contributed by atoms with Crippen molar-refractivity contribution < 1.29 is 8.42 Å². The van der Waals surface area contributed by atoms with Crippen molar-refractivity contribution >= 4 is 33.4 Å². The summed E-state index contributed by atoms with van der Waals surface area (Å²) in [5, 5.41) is 0. The van der Waals surface area contributed by atoms with Crippen molar-refractivity contribution in [3.63, 3.8) is 0 Å².